The van der Waals surface area contributed by atoms with Crippen molar-refractivity contribution in [2.75, 3.05) is 36.1 Å². The van der Waals surface area contributed by atoms with Gasteiger partial charge < -0.3 is 41.7 Å². The first-order chi connectivity index (χ1) is 47.8. The Morgan fingerprint density at radius 3 is 1.16 bits per heavy atom. The van der Waals surface area contributed by atoms with Gasteiger partial charge in [-0.1, -0.05) is 71.2 Å². The van der Waals surface area contributed by atoms with Crippen LogP contribution in [-0.2, 0) is 40.8 Å². The number of nitrogens with zero attached hydrogens (tertiary/aromatic N) is 18. The number of halogens is 3. The van der Waals surface area contributed by atoms with Gasteiger partial charge in [0.15, 0.2) is 0 Å². The van der Waals surface area contributed by atoms with E-state index in [4.69, 9.17) is 50.5 Å². The van der Waals surface area contributed by atoms with Gasteiger partial charge in [0.2, 0.25) is 17.8 Å². The van der Waals surface area contributed by atoms with Gasteiger partial charge in [-0.3, -0.25) is 27.7 Å². The predicted octanol–water partition coefficient (Wildman–Crippen LogP) is 12.9. The fraction of sp³-hybridized carbons (Fsp3) is 0.229. The highest BCUT2D eigenvalue weighted by Crippen LogP contribution is 2.38. The lowest BCUT2D eigenvalue weighted by Crippen LogP contribution is -2.36. The summed E-state index contributed by atoms with van der Waals surface area (Å²) in [4.78, 5) is 72.5. The maximum atomic E-state index is 13.4. The Kier molecular flexibility index (Phi) is 19.0. The number of amides is 3. The van der Waals surface area contributed by atoms with Crippen LogP contribution in [0.15, 0.2) is 165 Å². The van der Waals surface area contributed by atoms with E-state index in [2.05, 4.69) is 56.5 Å². The van der Waals surface area contributed by atoms with Crippen molar-refractivity contribution in [2.45, 2.75) is 65.5 Å². The Morgan fingerprint density at radius 2 is 0.818 bits per heavy atom. The zero-order chi connectivity index (χ0) is 69.3. The SMILES string of the molecule is CNC[C@H](c1cccc(Cl)c1)N1Cc2cc(-c3nc(Nc4ccnn4C)ncc3C)cn2C1=O.Cc1cnc(Nc2ccnn2C)nc1-c1cc2n(c1)C(=O)N([C@H](C)c1cccc(Cl)c1)C2.Cc1cnc(Nc2ccnn2C)nc1-c1cc2n(c1)C(=O)N([C@H](CN)c1cccc(Cl)c1)C2. The van der Waals surface area contributed by atoms with Crippen LogP contribution in [0.4, 0.5) is 49.7 Å². The first-order valence-corrected chi connectivity index (χ1v) is 32.9. The summed E-state index contributed by atoms with van der Waals surface area (Å²) in [6, 6.07) is 33.6. The number of aryl methyl sites for hydroxylation is 6. The lowest BCUT2D eigenvalue weighted by Gasteiger charge is -2.27. The Balaban J connectivity index is 0.000000133. The summed E-state index contributed by atoms with van der Waals surface area (Å²) in [6.07, 6.45) is 16.0. The molecule has 3 atom stereocenters. The maximum absolute atomic E-state index is 13.4. The van der Waals surface area contributed by atoms with Crippen LogP contribution in [0.1, 0.15) is 75.5 Å². The van der Waals surface area contributed by atoms with Crippen molar-refractivity contribution in [1.82, 2.24) is 93.0 Å². The zero-order valence-corrected chi connectivity index (χ0v) is 57.6. The molecule has 3 aromatic carbocycles. The molecule has 3 aliphatic rings. The topological polar surface area (TPSA) is 281 Å². The predicted molar refractivity (Wildman–Crippen MR) is 380 cm³/mol. The zero-order valence-electron chi connectivity index (χ0n) is 55.3. The van der Waals surface area contributed by atoms with Crippen LogP contribution in [0, 0.1) is 20.8 Å². The monoisotopic (exact) mass is 1390 g/mol. The highest BCUT2D eigenvalue weighted by molar-refractivity contribution is 6.31. The molecule has 0 bridgehead atoms. The summed E-state index contributed by atoms with van der Waals surface area (Å²) in [7, 11) is 7.41. The summed E-state index contributed by atoms with van der Waals surface area (Å²) in [5.41, 5.74) is 19.4. The number of nitrogens with one attached hydrogen (secondary N) is 4. The van der Waals surface area contributed by atoms with E-state index in [1.807, 2.05) is 193 Å². The van der Waals surface area contributed by atoms with Crippen LogP contribution < -0.4 is 27.0 Å². The van der Waals surface area contributed by atoms with E-state index in [0.29, 0.717) is 65.6 Å². The molecule has 12 aromatic rings. The molecule has 12 heterocycles. The normalized spacial score (nSPS) is 13.9. The Bertz CT molecular complexity index is 5010. The highest BCUT2D eigenvalue weighted by Gasteiger charge is 2.37. The molecule has 504 valence electrons. The first kappa shape index (κ1) is 66.6. The minimum absolute atomic E-state index is 0.0568. The van der Waals surface area contributed by atoms with Crippen LogP contribution in [0.2, 0.25) is 15.1 Å². The van der Waals surface area contributed by atoms with Crippen molar-refractivity contribution in [1.29, 1.82) is 0 Å². The second-order valence-electron chi connectivity index (χ2n) is 24.2. The van der Waals surface area contributed by atoms with E-state index >= 15 is 0 Å². The summed E-state index contributed by atoms with van der Waals surface area (Å²) in [5.74, 6) is 3.77. The summed E-state index contributed by atoms with van der Waals surface area (Å²) >= 11 is 18.5. The second-order valence-corrected chi connectivity index (χ2v) is 25.5. The molecule has 3 amide bonds. The minimum Gasteiger partial charge on any atom is -0.328 e. The molecule has 3 aliphatic heterocycles. The van der Waals surface area contributed by atoms with Gasteiger partial charge in [-0.2, -0.15) is 15.3 Å². The first-order valence-electron chi connectivity index (χ1n) is 31.7. The average Bonchev–Trinajstić information content (AvgIpc) is 1.62. The smallest absolute Gasteiger partial charge is 0.328 e. The molecule has 99 heavy (non-hydrogen) atoms. The number of rotatable bonds is 18. The molecule has 0 unspecified atom stereocenters. The van der Waals surface area contributed by atoms with Gasteiger partial charge in [0.1, 0.15) is 17.5 Å². The van der Waals surface area contributed by atoms with E-state index in [1.165, 1.54) is 0 Å². The van der Waals surface area contributed by atoms with Crippen LogP contribution in [0.25, 0.3) is 33.8 Å². The third-order valence-corrected chi connectivity index (χ3v) is 18.3. The third-order valence-electron chi connectivity index (χ3n) is 17.6. The molecule has 15 rings (SSSR count). The van der Waals surface area contributed by atoms with Crippen molar-refractivity contribution < 1.29 is 14.4 Å². The molecular formula is C70H70Cl3N23O3. The van der Waals surface area contributed by atoms with Crippen LogP contribution in [0.3, 0.4) is 0 Å². The van der Waals surface area contributed by atoms with Crippen molar-refractivity contribution >= 4 is 88.2 Å². The van der Waals surface area contributed by atoms with Gasteiger partial charge in [0.05, 0.1) is 73.4 Å². The van der Waals surface area contributed by atoms with Gasteiger partial charge in [0.25, 0.3) is 0 Å². The molecule has 0 aliphatic carbocycles. The minimum atomic E-state index is -0.255. The number of fused-ring (bicyclic) bond motifs is 3. The Hall–Kier alpha value is -11.0. The van der Waals surface area contributed by atoms with Gasteiger partial charge >= 0.3 is 18.1 Å². The standard InChI is InChI=1S/C24H25ClN8O.C23H23ClN8O.C23H22ClN7O/c1-15-11-27-23(29-21-7-8-28-31(21)3)30-22(15)17-10-19-14-33(24(34)32(19)13-17)20(12-26-2)16-5-4-6-18(25)9-16;1-14-11-26-22(28-20-6-7-27-30(20)2)29-21(14)16-9-18-13-32(23(33)31(18)12-16)19(10-25)15-4-3-5-17(24)8-15;1-14-11-25-22(27-20-7-8-26-29(20)3)28-21(14)17-10-19-13-30(23(32)31(19)12-17)15(2)16-5-4-6-18(24)9-16/h4-11,13,20,26H,12,14H2,1-3H3,(H,27,29,30);3-9,11-12,19H,10,13,25H2,1-2H3,(H,26,28,29);4-12,15H,13H2,1-3H3,(H,25,27,28)/t20-;19-;15-/m111/s1. The van der Waals surface area contributed by atoms with Gasteiger partial charge in [-0.15, -0.1) is 0 Å². The Labute approximate surface area is 585 Å². The summed E-state index contributed by atoms with van der Waals surface area (Å²) in [6.45, 7) is 10.3. The molecule has 0 radical (unpaired) electrons. The van der Waals surface area contributed by atoms with Crippen molar-refractivity contribution in [3.8, 4) is 33.8 Å². The number of benzene rings is 3. The third kappa shape index (κ3) is 13.8. The van der Waals surface area contributed by atoms with Crippen LogP contribution in [-0.4, -0.2) is 126 Å². The maximum Gasteiger partial charge on any atom is 0.329 e. The fourth-order valence-corrected chi connectivity index (χ4v) is 13.0. The largest absolute Gasteiger partial charge is 0.329 e. The number of hydrogen-bond acceptors (Lipinski definition) is 17. The number of aromatic nitrogens is 15. The molecule has 0 fully saturated rings. The average molecular weight is 1390 g/mol. The molecule has 0 saturated carbocycles. The molecule has 6 N–H and O–H groups in total. The highest BCUT2D eigenvalue weighted by atomic mass is 35.5. The van der Waals surface area contributed by atoms with Gasteiger partial charge in [-0.25, -0.2) is 44.3 Å². The molecule has 0 spiro atoms. The quantitative estimate of drug-likeness (QED) is 0.0534. The number of anilines is 6. The van der Waals surface area contributed by atoms with Gasteiger partial charge in [-0.05, 0) is 123 Å². The van der Waals surface area contributed by atoms with Crippen molar-refractivity contribution in [2.24, 2.45) is 26.9 Å². The van der Waals surface area contributed by atoms with Crippen molar-refractivity contribution in [3.05, 3.63) is 230 Å². The van der Waals surface area contributed by atoms with E-state index in [1.54, 1.807) is 69.8 Å². The number of carbonyl (C=O) groups excluding carboxylic acids is 3. The lowest BCUT2D eigenvalue weighted by molar-refractivity contribution is 0.186. The number of likely N-dealkylation sites (N-methyl/N-ethyl adjacent to an activating group) is 1. The fourth-order valence-electron chi connectivity index (χ4n) is 12.4. The summed E-state index contributed by atoms with van der Waals surface area (Å²) < 4.78 is 10.2. The van der Waals surface area contributed by atoms with E-state index in [-0.39, 0.29) is 36.2 Å². The molecule has 26 nitrogen and oxygen atoms in total. The number of nitrogens with two attached hydrogens (primary N) is 1. The van der Waals surface area contributed by atoms with E-state index in [9.17, 15) is 14.4 Å². The Morgan fingerprint density at radius 1 is 0.475 bits per heavy atom. The van der Waals surface area contributed by atoms with Crippen LogP contribution in [0.5, 0.6) is 0 Å². The molecule has 0 saturated heterocycles. The lowest BCUT2D eigenvalue weighted by atomic mass is 10.1. The van der Waals surface area contributed by atoms with E-state index in [0.717, 1.165) is 102 Å². The molecule has 29 heteroatoms. The van der Waals surface area contributed by atoms with Gasteiger partial charge in [0, 0.05) is 138 Å². The summed E-state index contributed by atoms with van der Waals surface area (Å²) in [5, 5.41) is 27.1. The van der Waals surface area contributed by atoms with Crippen molar-refractivity contribution in [3.63, 3.8) is 0 Å². The second kappa shape index (κ2) is 28.2. The number of hydrogen-bond donors (Lipinski definition) is 5. The number of carbonyl (C=O) groups is 3. The molecular weight excluding hydrogens is 1320 g/mol. The molecule has 9 aromatic heterocycles. The van der Waals surface area contributed by atoms with Crippen LogP contribution >= 0.6 is 34.8 Å². The van der Waals surface area contributed by atoms with E-state index < -0.39 is 0 Å².